The highest BCUT2D eigenvalue weighted by Crippen LogP contribution is 2.10. The molecular weight excluding hydrogens is 226 g/mol. The van der Waals surface area contributed by atoms with E-state index in [-0.39, 0.29) is 11.0 Å². The van der Waals surface area contributed by atoms with Crippen LogP contribution in [0.4, 0.5) is 0 Å². The highest BCUT2D eigenvalue weighted by atomic mass is 16.1. The van der Waals surface area contributed by atoms with Crippen molar-refractivity contribution in [1.29, 1.82) is 0 Å². The van der Waals surface area contributed by atoms with Crippen LogP contribution in [-0.2, 0) is 6.54 Å². The van der Waals surface area contributed by atoms with Crippen molar-refractivity contribution in [3.05, 3.63) is 46.5 Å². The van der Waals surface area contributed by atoms with Crippen LogP contribution in [0.5, 0.6) is 0 Å². The van der Waals surface area contributed by atoms with Crippen molar-refractivity contribution in [2.24, 2.45) is 5.41 Å². The third kappa shape index (κ3) is 3.17. The Hall–Kier alpha value is -1.68. The van der Waals surface area contributed by atoms with Crippen LogP contribution in [0.1, 0.15) is 26.5 Å². The van der Waals surface area contributed by atoms with Crippen molar-refractivity contribution >= 4 is 5.65 Å². The Morgan fingerprint density at radius 1 is 1.33 bits per heavy atom. The van der Waals surface area contributed by atoms with Gasteiger partial charge in [-0.1, -0.05) is 26.8 Å². The van der Waals surface area contributed by atoms with Crippen LogP contribution in [0.15, 0.2) is 35.3 Å². The van der Waals surface area contributed by atoms with E-state index in [1.807, 2.05) is 18.2 Å². The van der Waals surface area contributed by atoms with E-state index in [1.165, 1.54) is 0 Å². The van der Waals surface area contributed by atoms with E-state index < -0.39 is 0 Å². The van der Waals surface area contributed by atoms with E-state index >= 15 is 0 Å². The second-order valence-corrected chi connectivity index (χ2v) is 5.68. The molecule has 0 amide bonds. The number of pyridine rings is 1. The minimum atomic E-state index is -0.0341. The number of nitrogens with one attached hydrogen (secondary N) is 1. The van der Waals surface area contributed by atoms with Crippen LogP contribution in [0.25, 0.3) is 5.65 Å². The Kier molecular flexibility index (Phi) is 3.48. The highest BCUT2D eigenvalue weighted by Gasteiger charge is 2.09. The maximum Gasteiger partial charge on any atom is 0.258 e. The molecular formula is C14H19N3O. The summed E-state index contributed by atoms with van der Waals surface area (Å²) in [6.07, 6.45) is 1.73. The topological polar surface area (TPSA) is 46.4 Å². The first-order chi connectivity index (χ1) is 8.46. The van der Waals surface area contributed by atoms with Crippen molar-refractivity contribution in [3.63, 3.8) is 0 Å². The summed E-state index contributed by atoms with van der Waals surface area (Å²) in [7, 11) is 0. The van der Waals surface area contributed by atoms with Crippen molar-refractivity contribution in [1.82, 2.24) is 14.7 Å². The van der Waals surface area contributed by atoms with Crippen LogP contribution in [0, 0.1) is 5.41 Å². The van der Waals surface area contributed by atoms with Gasteiger partial charge in [-0.25, -0.2) is 4.98 Å². The second-order valence-electron chi connectivity index (χ2n) is 5.68. The molecule has 0 fully saturated rings. The fourth-order valence-electron chi connectivity index (χ4n) is 1.76. The number of hydrogen-bond acceptors (Lipinski definition) is 3. The molecule has 0 saturated heterocycles. The Morgan fingerprint density at radius 2 is 2.11 bits per heavy atom. The van der Waals surface area contributed by atoms with Gasteiger partial charge in [0.2, 0.25) is 0 Å². The van der Waals surface area contributed by atoms with Gasteiger partial charge in [-0.15, -0.1) is 0 Å². The highest BCUT2D eigenvalue weighted by molar-refractivity contribution is 5.37. The molecule has 0 aliphatic carbocycles. The molecule has 0 spiro atoms. The minimum Gasteiger partial charge on any atom is -0.311 e. The molecule has 18 heavy (non-hydrogen) atoms. The number of nitrogens with zero attached hydrogens (tertiary/aromatic N) is 2. The largest absolute Gasteiger partial charge is 0.311 e. The number of fused-ring (bicyclic) bond motifs is 1. The summed E-state index contributed by atoms with van der Waals surface area (Å²) in [6.45, 7) is 8.02. The summed E-state index contributed by atoms with van der Waals surface area (Å²) >= 11 is 0. The molecule has 2 aromatic heterocycles. The molecule has 0 bridgehead atoms. The van der Waals surface area contributed by atoms with Gasteiger partial charge in [0.1, 0.15) is 5.65 Å². The third-order valence-corrected chi connectivity index (χ3v) is 2.59. The predicted molar refractivity (Wildman–Crippen MR) is 72.6 cm³/mol. The average Bonchev–Trinajstić information content (AvgIpc) is 2.27. The van der Waals surface area contributed by atoms with Crippen molar-refractivity contribution in [2.45, 2.75) is 27.3 Å². The standard InChI is InChI=1S/C14H19N3O/c1-14(2,3)10-15-9-11-8-13(18)17-7-5-4-6-12(17)16-11/h4-8,15H,9-10H2,1-3H3. The van der Waals surface area contributed by atoms with E-state index in [0.29, 0.717) is 12.2 Å². The summed E-state index contributed by atoms with van der Waals surface area (Å²) in [5.41, 5.74) is 1.67. The minimum absolute atomic E-state index is 0.0341. The first kappa shape index (κ1) is 12.8. The molecule has 2 rings (SSSR count). The molecule has 0 saturated carbocycles. The molecule has 0 aromatic carbocycles. The molecule has 96 valence electrons. The van der Waals surface area contributed by atoms with Gasteiger partial charge in [-0.05, 0) is 17.5 Å². The molecule has 0 aliphatic heterocycles. The first-order valence-electron chi connectivity index (χ1n) is 6.14. The predicted octanol–water partition coefficient (Wildman–Crippen LogP) is 1.83. The summed E-state index contributed by atoms with van der Waals surface area (Å²) in [5, 5.41) is 3.32. The zero-order chi connectivity index (χ0) is 13.2. The van der Waals surface area contributed by atoms with Gasteiger partial charge in [0.15, 0.2) is 0 Å². The summed E-state index contributed by atoms with van der Waals surface area (Å²) in [4.78, 5) is 16.3. The lowest BCUT2D eigenvalue weighted by atomic mass is 9.97. The lowest BCUT2D eigenvalue weighted by molar-refractivity contribution is 0.378. The average molecular weight is 245 g/mol. The van der Waals surface area contributed by atoms with Gasteiger partial charge in [0.05, 0.1) is 5.69 Å². The van der Waals surface area contributed by atoms with E-state index in [1.54, 1.807) is 16.7 Å². The number of aromatic nitrogens is 2. The summed E-state index contributed by atoms with van der Waals surface area (Å²) < 4.78 is 1.55. The van der Waals surface area contributed by atoms with Crippen molar-refractivity contribution in [2.75, 3.05) is 6.54 Å². The molecule has 0 unspecified atom stereocenters. The van der Waals surface area contributed by atoms with Crippen molar-refractivity contribution < 1.29 is 0 Å². The quantitative estimate of drug-likeness (QED) is 0.897. The van der Waals surface area contributed by atoms with Gasteiger partial charge >= 0.3 is 0 Å². The van der Waals surface area contributed by atoms with Crippen molar-refractivity contribution in [3.8, 4) is 0 Å². The van der Waals surface area contributed by atoms with E-state index in [9.17, 15) is 4.79 Å². The monoisotopic (exact) mass is 245 g/mol. The van der Waals surface area contributed by atoms with E-state index in [2.05, 4.69) is 31.1 Å². The molecule has 2 aromatic rings. The van der Waals surface area contributed by atoms with Crippen LogP contribution in [-0.4, -0.2) is 15.9 Å². The maximum absolute atomic E-state index is 11.9. The Morgan fingerprint density at radius 3 is 2.83 bits per heavy atom. The second kappa shape index (κ2) is 4.90. The molecule has 4 nitrogen and oxygen atoms in total. The van der Waals surface area contributed by atoms with Crippen LogP contribution < -0.4 is 10.9 Å². The van der Waals surface area contributed by atoms with Gasteiger partial charge in [-0.2, -0.15) is 0 Å². The molecule has 1 N–H and O–H groups in total. The third-order valence-electron chi connectivity index (χ3n) is 2.59. The summed E-state index contributed by atoms with van der Waals surface area (Å²) in [5.74, 6) is 0. The maximum atomic E-state index is 11.9. The van der Waals surface area contributed by atoms with Crippen LogP contribution in [0.2, 0.25) is 0 Å². The number of hydrogen-bond donors (Lipinski definition) is 1. The van der Waals surface area contributed by atoms with Gasteiger partial charge in [0, 0.05) is 25.4 Å². The van der Waals surface area contributed by atoms with Gasteiger partial charge < -0.3 is 5.32 Å². The first-order valence-corrected chi connectivity index (χ1v) is 6.14. The van der Waals surface area contributed by atoms with Crippen LogP contribution >= 0.6 is 0 Å². The Labute approximate surface area is 107 Å². The van der Waals surface area contributed by atoms with E-state index in [0.717, 1.165) is 12.2 Å². The molecule has 0 aliphatic rings. The zero-order valence-corrected chi connectivity index (χ0v) is 11.1. The van der Waals surface area contributed by atoms with E-state index in [4.69, 9.17) is 0 Å². The zero-order valence-electron chi connectivity index (χ0n) is 11.1. The lowest BCUT2D eigenvalue weighted by Gasteiger charge is -2.18. The Balaban J connectivity index is 2.17. The lowest BCUT2D eigenvalue weighted by Crippen LogP contribution is -2.27. The summed E-state index contributed by atoms with van der Waals surface area (Å²) in [6, 6.07) is 7.14. The SMILES string of the molecule is CC(C)(C)CNCc1cc(=O)n2ccccc2n1. The smallest absolute Gasteiger partial charge is 0.258 e. The van der Waals surface area contributed by atoms with Gasteiger partial charge in [0.25, 0.3) is 5.56 Å². The fourth-order valence-corrected chi connectivity index (χ4v) is 1.76. The molecule has 0 radical (unpaired) electrons. The molecule has 0 atom stereocenters. The van der Waals surface area contributed by atoms with Gasteiger partial charge in [-0.3, -0.25) is 9.20 Å². The fraction of sp³-hybridized carbons (Fsp3) is 0.429. The number of rotatable bonds is 3. The Bertz CT molecular complexity index is 596. The normalized spacial score (nSPS) is 11.9. The van der Waals surface area contributed by atoms with Crippen LogP contribution in [0.3, 0.4) is 0 Å². The molecule has 2 heterocycles. The molecule has 4 heteroatoms.